The minimum atomic E-state index is -0.363. The van der Waals surface area contributed by atoms with Gasteiger partial charge in [0.1, 0.15) is 16.8 Å². The number of hydrazone groups is 1. The van der Waals surface area contributed by atoms with Crippen LogP contribution in [0.2, 0.25) is 0 Å². The van der Waals surface area contributed by atoms with E-state index in [1.54, 1.807) is 44.2 Å². The Morgan fingerprint density at radius 2 is 1.87 bits per heavy atom. The Labute approximate surface area is 131 Å². The van der Waals surface area contributed by atoms with Gasteiger partial charge in [0.15, 0.2) is 0 Å². The molecule has 0 saturated heterocycles. The second-order valence-electron chi connectivity index (χ2n) is 5.17. The molecule has 0 spiro atoms. The quantitative estimate of drug-likeness (QED) is 0.571. The summed E-state index contributed by atoms with van der Waals surface area (Å²) >= 11 is 0. The van der Waals surface area contributed by atoms with Gasteiger partial charge >= 0.3 is 0 Å². The van der Waals surface area contributed by atoms with Crippen LogP contribution >= 0.6 is 0 Å². The van der Waals surface area contributed by atoms with Gasteiger partial charge in [0.05, 0.1) is 6.21 Å². The number of nitrogens with one attached hydrogen (secondary N) is 1. The highest BCUT2D eigenvalue weighted by molar-refractivity contribution is 5.97. The Balaban J connectivity index is 1.73. The minimum Gasteiger partial charge on any atom is -0.507 e. The number of aromatic nitrogens is 2. The van der Waals surface area contributed by atoms with Crippen LogP contribution in [-0.2, 0) is 0 Å². The number of amides is 1. The summed E-state index contributed by atoms with van der Waals surface area (Å²) in [5.41, 5.74) is 6.23. The molecule has 2 N–H and O–H groups in total. The van der Waals surface area contributed by atoms with E-state index in [9.17, 15) is 9.90 Å². The van der Waals surface area contributed by atoms with Crippen molar-refractivity contribution in [3.05, 3.63) is 52.6 Å². The van der Waals surface area contributed by atoms with Gasteiger partial charge in [0.25, 0.3) is 5.91 Å². The third-order valence-electron chi connectivity index (χ3n) is 3.41. The normalized spacial score (nSPS) is 11.2. The summed E-state index contributed by atoms with van der Waals surface area (Å²) < 4.78 is 4.59. The van der Waals surface area contributed by atoms with E-state index in [0.717, 1.165) is 16.7 Å². The molecule has 0 atom stereocenters. The molecule has 0 bridgehead atoms. The second kappa shape index (κ2) is 5.88. The topological polar surface area (TPSA) is 101 Å². The van der Waals surface area contributed by atoms with Crippen molar-refractivity contribution in [3.8, 4) is 5.75 Å². The van der Waals surface area contributed by atoms with Gasteiger partial charge in [-0.2, -0.15) is 5.10 Å². The number of carbonyl (C=O) groups excluding carboxylic acids is 1. The van der Waals surface area contributed by atoms with Crippen LogP contribution in [0.4, 0.5) is 0 Å². The first kappa shape index (κ1) is 14.7. The number of hydrogen-bond acceptors (Lipinski definition) is 6. The summed E-state index contributed by atoms with van der Waals surface area (Å²) in [4.78, 5) is 12.0. The molecule has 3 rings (SSSR count). The van der Waals surface area contributed by atoms with Gasteiger partial charge < -0.3 is 5.11 Å². The Morgan fingerprint density at radius 1 is 1.17 bits per heavy atom. The molecule has 1 aromatic heterocycles. The summed E-state index contributed by atoms with van der Waals surface area (Å²) in [5, 5.41) is 21.0. The van der Waals surface area contributed by atoms with Gasteiger partial charge in [-0.15, -0.1) is 0 Å². The molecule has 116 valence electrons. The number of rotatable bonds is 3. The number of hydrogen-bond donors (Lipinski definition) is 2. The molecule has 3 aromatic rings. The van der Waals surface area contributed by atoms with E-state index in [4.69, 9.17) is 0 Å². The second-order valence-corrected chi connectivity index (χ2v) is 5.17. The molecule has 23 heavy (non-hydrogen) atoms. The van der Waals surface area contributed by atoms with E-state index < -0.39 is 0 Å². The fraction of sp³-hybridized carbons (Fsp3) is 0.125. The monoisotopic (exact) mass is 310 g/mol. The van der Waals surface area contributed by atoms with Crippen LogP contribution in [0, 0.1) is 13.8 Å². The number of aromatic hydroxyl groups is 1. The predicted molar refractivity (Wildman–Crippen MR) is 84.4 cm³/mol. The first-order valence-corrected chi connectivity index (χ1v) is 6.90. The van der Waals surface area contributed by atoms with Gasteiger partial charge in [0, 0.05) is 5.56 Å². The molecule has 0 radical (unpaired) electrons. The number of phenolic OH excluding ortho intramolecular Hbond substituents is 1. The fourth-order valence-corrected chi connectivity index (χ4v) is 2.22. The Hall–Kier alpha value is -3.22. The van der Waals surface area contributed by atoms with E-state index in [1.807, 2.05) is 0 Å². The van der Waals surface area contributed by atoms with Crippen LogP contribution in [-0.4, -0.2) is 27.5 Å². The van der Waals surface area contributed by atoms with Crippen LogP contribution in [0.15, 0.2) is 40.1 Å². The summed E-state index contributed by atoms with van der Waals surface area (Å²) in [7, 11) is 0. The van der Waals surface area contributed by atoms with Crippen LogP contribution in [0.25, 0.3) is 11.0 Å². The van der Waals surface area contributed by atoms with Gasteiger partial charge in [-0.3, -0.25) is 4.79 Å². The number of nitrogens with zero attached hydrogens (tertiary/aromatic N) is 3. The van der Waals surface area contributed by atoms with E-state index in [1.165, 1.54) is 6.21 Å². The maximum atomic E-state index is 12.0. The lowest BCUT2D eigenvalue weighted by atomic mass is 10.1. The fourth-order valence-electron chi connectivity index (χ4n) is 2.22. The Morgan fingerprint density at radius 3 is 2.61 bits per heavy atom. The number of phenols is 1. The molecule has 2 aromatic carbocycles. The first-order chi connectivity index (χ1) is 11.0. The lowest BCUT2D eigenvalue weighted by Gasteiger charge is -2.04. The zero-order valence-electron chi connectivity index (χ0n) is 12.6. The standard InChI is InChI=1S/C16H14N4O3/c1-9-5-11(6-10(2)15(9)21)8-17-18-16(22)12-3-4-13-14(7-12)20-23-19-13/h3-8,21H,1-2H3,(H,18,22)/b17-8+. The summed E-state index contributed by atoms with van der Waals surface area (Å²) in [6.45, 7) is 3.61. The van der Waals surface area contributed by atoms with Crippen LogP contribution in [0.1, 0.15) is 27.0 Å². The highest BCUT2D eigenvalue weighted by Gasteiger charge is 2.08. The molecular weight excluding hydrogens is 296 g/mol. The molecule has 1 heterocycles. The lowest BCUT2D eigenvalue weighted by Crippen LogP contribution is -2.17. The molecule has 0 aliphatic carbocycles. The van der Waals surface area contributed by atoms with Crippen molar-refractivity contribution in [1.29, 1.82) is 0 Å². The number of carbonyl (C=O) groups is 1. The van der Waals surface area contributed by atoms with E-state index in [0.29, 0.717) is 16.6 Å². The highest BCUT2D eigenvalue weighted by Crippen LogP contribution is 2.22. The lowest BCUT2D eigenvalue weighted by molar-refractivity contribution is 0.0955. The van der Waals surface area contributed by atoms with Crippen molar-refractivity contribution in [1.82, 2.24) is 15.7 Å². The molecule has 1 amide bonds. The van der Waals surface area contributed by atoms with Gasteiger partial charge in [0.2, 0.25) is 0 Å². The zero-order chi connectivity index (χ0) is 16.4. The van der Waals surface area contributed by atoms with Crippen molar-refractivity contribution in [2.24, 2.45) is 5.10 Å². The van der Waals surface area contributed by atoms with Crippen molar-refractivity contribution in [2.75, 3.05) is 0 Å². The molecule has 0 fully saturated rings. The Kier molecular flexibility index (Phi) is 3.76. The minimum absolute atomic E-state index is 0.265. The molecule has 7 nitrogen and oxygen atoms in total. The van der Waals surface area contributed by atoms with Gasteiger partial charge in [-0.1, -0.05) is 0 Å². The van der Waals surface area contributed by atoms with E-state index in [2.05, 4.69) is 25.5 Å². The summed E-state index contributed by atoms with van der Waals surface area (Å²) in [6.07, 6.45) is 1.52. The maximum Gasteiger partial charge on any atom is 0.271 e. The van der Waals surface area contributed by atoms with Crippen molar-refractivity contribution in [3.63, 3.8) is 0 Å². The molecule has 0 unspecified atom stereocenters. The van der Waals surface area contributed by atoms with Crippen molar-refractivity contribution < 1.29 is 14.5 Å². The average molecular weight is 310 g/mol. The van der Waals surface area contributed by atoms with E-state index in [-0.39, 0.29) is 11.7 Å². The van der Waals surface area contributed by atoms with Crippen LogP contribution in [0.3, 0.4) is 0 Å². The van der Waals surface area contributed by atoms with Gasteiger partial charge in [-0.25, -0.2) is 10.1 Å². The van der Waals surface area contributed by atoms with Crippen LogP contribution in [0.5, 0.6) is 5.75 Å². The molecular formula is C16H14N4O3. The number of benzene rings is 2. The van der Waals surface area contributed by atoms with Crippen molar-refractivity contribution >= 4 is 23.2 Å². The Bertz CT molecular complexity index is 892. The summed E-state index contributed by atoms with van der Waals surface area (Å²) in [6, 6.07) is 8.41. The predicted octanol–water partition coefficient (Wildman–Crippen LogP) is 2.31. The highest BCUT2D eigenvalue weighted by atomic mass is 16.6. The third kappa shape index (κ3) is 3.03. The van der Waals surface area contributed by atoms with Crippen molar-refractivity contribution in [2.45, 2.75) is 13.8 Å². The van der Waals surface area contributed by atoms with E-state index >= 15 is 0 Å². The molecule has 0 saturated carbocycles. The zero-order valence-corrected chi connectivity index (χ0v) is 12.6. The number of aryl methyl sites for hydroxylation is 2. The average Bonchev–Trinajstić information content (AvgIpc) is 2.99. The van der Waals surface area contributed by atoms with Crippen LogP contribution < -0.4 is 5.43 Å². The first-order valence-electron chi connectivity index (χ1n) is 6.90. The molecule has 0 aliphatic heterocycles. The molecule has 7 heteroatoms. The largest absolute Gasteiger partial charge is 0.507 e. The van der Waals surface area contributed by atoms with Gasteiger partial charge in [-0.05, 0) is 71.2 Å². The molecule has 0 aliphatic rings. The smallest absolute Gasteiger partial charge is 0.271 e. The third-order valence-corrected chi connectivity index (χ3v) is 3.41. The number of fused-ring (bicyclic) bond motifs is 1. The maximum absolute atomic E-state index is 12.0. The summed E-state index contributed by atoms with van der Waals surface area (Å²) in [5.74, 6) is -0.0981. The SMILES string of the molecule is Cc1cc(/C=N/NC(=O)c2ccc3nonc3c2)cc(C)c1O.